The molecule has 1 unspecified atom stereocenters. The second-order valence-corrected chi connectivity index (χ2v) is 8.11. The van der Waals surface area contributed by atoms with E-state index >= 15 is 0 Å². The topological polar surface area (TPSA) is 50.2 Å². The maximum atomic E-state index is 12.9. The molecule has 1 saturated heterocycles. The molecule has 1 saturated carbocycles. The summed E-state index contributed by atoms with van der Waals surface area (Å²) in [4.78, 5) is 15.4. The fourth-order valence-electron chi connectivity index (χ4n) is 3.84. The summed E-state index contributed by atoms with van der Waals surface area (Å²) < 4.78 is 1.83. The van der Waals surface area contributed by atoms with Crippen LogP contribution in [0.5, 0.6) is 0 Å². The summed E-state index contributed by atoms with van der Waals surface area (Å²) in [7, 11) is 0. The SMILES string of the molecule is CC(C)c1c(C(=O)NC2CCN(C3CC3)C2)cnn1-c1cccc(Cl)c1. The summed E-state index contributed by atoms with van der Waals surface area (Å²) in [5.41, 5.74) is 2.45. The minimum atomic E-state index is -0.0235. The van der Waals surface area contributed by atoms with Crippen molar-refractivity contribution in [1.29, 1.82) is 0 Å². The Kier molecular flexibility index (Phi) is 4.76. The smallest absolute Gasteiger partial charge is 0.255 e. The number of nitrogens with one attached hydrogen (secondary N) is 1. The number of hydrogen-bond donors (Lipinski definition) is 1. The lowest BCUT2D eigenvalue weighted by atomic mass is 10.0. The number of rotatable bonds is 5. The van der Waals surface area contributed by atoms with Crippen molar-refractivity contribution in [3.63, 3.8) is 0 Å². The van der Waals surface area contributed by atoms with E-state index in [-0.39, 0.29) is 17.9 Å². The molecule has 26 heavy (non-hydrogen) atoms. The molecule has 1 aliphatic heterocycles. The van der Waals surface area contributed by atoms with Gasteiger partial charge in [0.05, 0.1) is 23.1 Å². The molecular weight excluding hydrogens is 348 g/mol. The maximum Gasteiger partial charge on any atom is 0.255 e. The van der Waals surface area contributed by atoms with Gasteiger partial charge in [-0.25, -0.2) is 4.68 Å². The van der Waals surface area contributed by atoms with Gasteiger partial charge >= 0.3 is 0 Å². The normalized spacial score (nSPS) is 20.7. The standard InChI is InChI=1S/C20H25ClN4O/c1-13(2)19-18(11-22-25(19)17-5-3-4-14(21)10-17)20(26)23-15-8-9-24(12-15)16-6-7-16/h3-5,10-11,13,15-16H,6-9,12H2,1-2H3,(H,23,26). The van der Waals surface area contributed by atoms with Crippen LogP contribution >= 0.6 is 11.6 Å². The number of likely N-dealkylation sites (tertiary alicyclic amines) is 1. The Morgan fingerprint density at radius 3 is 2.81 bits per heavy atom. The van der Waals surface area contributed by atoms with Gasteiger partial charge in [0.25, 0.3) is 5.91 Å². The van der Waals surface area contributed by atoms with Gasteiger partial charge in [-0.05, 0) is 43.4 Å². The first kappa shape index (κ1) is 17.6. The van der Waals surface area contributed by atoms with E-state index in [1.807, 2.05) is 28.9 Å². The number of aromatic nitrogens is 2. The average Bonchev–Trinajstić information content (AvgIpc) is 3.18. The van der Waals surface area contributed by atoms with Crippen LogP contribution in [0.2, 0.25) is 5.02 Å². The summed E-state index contributed by atoms with van der Waals surface area (Å²) in [5, 5.41) is 8.36. The van der Waals surface area contributed by atoms with E-state index in [4.69, 9.17) is 11.6 Å². The second-order valence-electron chi connectivity index (χ2n) is 7.68. The number of hydrogen-bond acceptors (Lipinski definition) is 3. The molecule has 1 aliphatic carbocycles. The Balaban J connectivity index is 1.55. The Morgan fingerprint density at radius 1 is 1.31 bits per heavy atom. The summed E-state index contributed by atoms with van der Waals surface area (Å²) in [5.74, 6) is 0.147. The number of carbonyl (C=O) groups is 1. The first-order chi connectivity index (χ1) is 12.5. The van der Waals surface area contributed by atoms with Gasteiger partial charge in [0.2, 0.25) is 0 Å². The molecule has 2 heterocycles. The van der Waals surface area contributed by atoms with Crippen LogP contribution in [0.15, 0.2) is 30.5 Å². The molecule has 0 bridgehead atoms. The second kappa shape index (κ2) is 7.05. The van der Waals surface area contributed by atoms with Crippen molar-refractivity contribution in [3.05, 3.63) is 46.7 Å². The fraction of sp³-hybridized carbons (Fsp3) is 0.500. The lowest BCUT2D eigenvalue weighted by Crippen LogP contribution is -2.37. The summed E-state index contributed by atoms with van der Waals surface area (Å²) in [6.45, 7) is 6.22. The van der Waals surface area contributed by atoms with Crippen molar-refractivity contribution in [2.75, 3.05) is 13.1 Å². The largest absolute Gasteiger partial charge is 0.348 e. The number of nitrogens with zero attached hydrogens (tertiary/aromatic N) is 3. The van der Waals surface area contributed by atoms with Crippen molar-refractivity contribution < 1.29 is 4.79 Å². The van der Waals surface area contributed by atoms with Crippen LogP contribution in [0.25, 0.3) is 5.69 Å². The third-order valence-electron chi connectivity index (χ3n) is 5.27. The average molecular weight is 373 g/mol. The number of carbonyl (C=O) groups excluding carboxylic acids is 1. The van der Waals surface area contributed by atoms with E-state index in [1.54, 1.807) is 6.20 Å². The number of halogens is 1. The van der Waals surface area contributed by atoms with E-state index in [0.29, 0.717) is 10.6 Å². The molecule has 2 aliphatic rings. The summed E-state index contributed by atoms with van der Waals surface area (Å²) in [6.07, 6.45) is 5.33. The van der Waals surface area contributed by atoms with Gasteiger partial charge < -0.3 is 5.32 Å². The zero-order chi connectivity index (χ0) is 18.3. The van der Waals surface area contributed by atoms with E-state index in [0.717, 1.165) is 36.9 Å². The predicted octanol–water partition coefficient (Wildman–Crippen LogP) is 3.62. The van der Waals surface area contributed by atoms with Crippen molar-refractivity contribution in [2.24, 2.45) is 0 Å². The Bertz CT molecular complexity index is 812. The van der Waals surface area contributed by atoms with Crippen LogP contribution < -0.4 is 5.32 Å². The highest BCUT2D eigenvalue weighted by atomic mass is 35.5. The molecule has 1 amide bonds. The van der Waals surface area contributed by atoms with Crippen LogP contribution in [-0.2, 0) is 0 Å². The zero-order valence-corrected chi connectivity index (χ0v) is 16.0. The van der Waals surface area contributed by atoms with Crippen LogP contribution in [0.4, 0.5) is 0 Å². The lowest BCUT2D eigenvalue weighted by Gasteiger charge is -2.17. The van der Waals surface area contributed by atoms with Crippen LogP contribution in [-0.4, -0.2) is 45.8 Å². The molecule has 0 spiro atoms. The first-order valence-corrected chi connectivity index (χ1v) is 9.79. The first-order valence-electron chi connectivity index (χ1n) is 9.41. The number of amides is 1. The minimum Gasteiger partial charge on any atom is -0.348 e. The molecule has 2 fully saturated rings. The molecule has 1 atom stereocenters. The Morgan fingerprint density at radius 2 is 2.12 bits per heavy atom. The van der Waals surface area contributed by atoms with Crippen LogP contribution in [0, 0.1) is 0 Å². The zero-order valence-electron chi connectivity index (χ0n) is 15.3. The van der Waals surface area contributed by atoms with E-state index < -0.39 is 0 Å². The van der Waals surface area contributed by atoms with Crippen LogP contribution in [0.3, 0.4) is 0 Å². The minimum absolute atomic E-state index is 0.0235. The molecule has 2 aromatic rings. The van der Waals surface area contributed by atoms with Gasteiger partial charge in [0.15, 0.2) is 0 Å². The van der Waals surface area contributed by atoms with Crippen molar-refractivity contribution in [2.45, 2.75) is 51.1 Å². The maximum absolute atomic E-state index is 12.9. The van der Waals surface area contributed by atoms with Gasteiger partial charge in [-0.15, -0.1) is 0 Å². The highest BCUT2D eigenvalue weighted by molar-refractivity contribution is 6.30. The molecule has 4 rings (SSSR count). The van der Waals surface area contributed by atoms with E-state index in [1.165, 1.54) is 12.8 Å². The molecule has 1 aromatic heterocycles. The Labute approximate surface area is 159 Å². The molecule has 6 heteroatoms. The van der Waals surface area contributed by atoms with Crippen molar-refractivity contribution in [1.82, 2.24) is 20.0 Å². The molecule has 1 aromatic carbocycles. The highest BCUT2D eigenvalue weighted by Crippen LogP contribution is 2.30. The van der Waals surface area contributed by atoms with Gasteiger partial charge in [0, 0.05) is 30.2 Å². The summed E-state index contributed by atoms with van der Waals surface area (Å²) >= 11 is 6.13. The number of benzene rings is 1. The quantitative estimate of drug-likeness (QED) is 0.872. The third kappa shape index (κ3) is 3.51. The van der Waals surface area contributed by atoms with Gasteiger partial charge in [0.1, 0.15) is 0 Å². The fourth-order valence-corrected chi connectivity index (χ4v) is 4.03. The summed E-state index contributed by atoms with van der Waals surface area (Å²) in [6, 6.07) is 8.55. The Hall–Kier alpha value is -1.85. The van der Waals surface area contributed by atoms with Gasteiger partial charge in [-0.1, -0.05) is 31.5 Å². The molecule has 138 valence electrons. The predicted molar refractivity (Wildman–Crippen MR) is 103 cm³/mol. The van der Waals surface area contributed by atoms with E-state index in [2.05, 4.69) is 29.2 Å². The van der Waals surface area contributed by atoms with E-state index in [9.17, 15) is 4.79 Å². The molecule has 0 radical (unpaired) electrons. The van der Waals surface area contributed by atoms with Crippen LogP contribution in [0.1, 0.15) is 55.1 Å². The molecule has 5 nitrogen and oxygen atoms in total. The van der Waals surface area contributed by atoms with Crippen molar-refractivity contribution in [3.8, 4) is 5.69 Å². The van der Waals surface area contributed by atoms with Gasteiger partial charge in [-0.3, -0.25) is 9.69 Å². The third-order valence-corrected chi connectivity index (χ3v) is 5.50. The molecular formula is C20H25ClN4O. The molecule has 1 N–H and O–H groups in total. The lowest BCUT2D eigenvalue weighted by molar-refractivity contribution is 0.0936. The van der Waals surface area contributed by atoms with Gasteiger partial charge in [-0.2, -0.15) is 5.10 Å². The monoisotopic (exact) mass is 372 g/mol. The van der Waals surface area contributed by atoms with Crippen molar-refractivity contribution >= 4 is 17.5 Å². The highest BCUT2D eigenvalue weighted by Gasteiger charge is 2.35.